The number of para-hydroxylation sites is 1. The number of nitrogens with zero attached hydrogens (tertiary/aromatic N) is 5. The van der Waals surface area contributed by atoms with Gasteiger partial charge < -0.3 is 4.57 Å². The van der Waals surface area contributed by atoms with Gasteiger partial charge in [-0.1, -0.05) is 127 Å². The summed E-state index contributed by atoms with van der Waals surface area (Å²) < 4.78 is 5.01. The first kappa shape index (κ1) is 32.2. The molecule has 262 valence electrons. The van der Waals surface area contributed by atoms with Gasteiger partial charge in [0.15, 0.2) is 17.5 Å². The number of pyridine rings is 1. The third-order valence-corrected chi connectivity index (χ3v) is 11.7. The molecule has 0 saturated carbocycles. The fourth-order valence-corrected chi connectivity index (χ4v) is 8.90. The van der Waals surface area contributed by atoms with Crippen molar-refractivity contribution in [1.82, 2.24) is 24.5 Å². The van der Waals surface area contributed by atoms with Crippen LogP contribution in [-0.2, 0) is 0 Å². The van der Waals surface area contributed by atoms with Crippen LogP contribution in [0.15, 0.2) is 188 Å². The molecule has 7 aromatic carbocycles. The highest BCUT2D eigenvalue weighted by atomic mass is 32.1. The Morgan fingerprint density at radius 3 is 1.59 bits per heavy atom. The first-order chi connectivity index (χ1) is 27.7. The van der Waals surface area contributed by atoms with Crippen LogP contribution in [0.2, 0.25) is 0 Å². The Labute approximate surface area is 326 Å². The second kappa shape index (κ2) is 13.2. The van der Waals surface area contributed by atoms with Crippen LogP contribution in [0.3, 0.4) is 0 Å². The quantitative estimate of drug-likeness (QED) is 0.171. The molecular formula is C50H31N5S. The highest BCUT2D eigenvalue weighted by Gasteiger charge is 2.17. The maximum Gasteiger partial charge on any atom is 0.164 e. The number of benzene rings is 7. The van der Waals surface area contributed by atoms with E-state index in [0.717, 1.165) is 44.6 Å². The molecular weight excluding hydrogens is 703 g/mol. The van der Waals surface area contributed by atoms with Crippen molar-refractivity contribution < 1.29 is 0 Å². The van der Waals surface area contributed by atoms with Gasteiger partial charge in [0.05, 0.1) is 11.0 Å². The van der Waals surface area contributed by atoms with Gasteiger partial charge >= 0.3 is 0 Å². The maximum atomic E-state index is 5.02. The van der Waals surface area contributed by atoms with Crippen molar-refractivity contribution >= 4 is 53.3 Å². The Morgan fingerprint density at radius 2 is 0.911 bits per heavy atom. The molecule has 0 aliphatic carbocycles. The summed E-state index contributed by atoms with van der Waals surface area (Å²) in [5, 5.41) is 5.08. The van der Waals surface area contributed by atoms with Gasteiger partial charge in [0, 0.05) is 65.7 Å². The standard InChI is InChI=1S/C50H31N5S/c1-3-10-34(11-4-1)48-52-49(54-50(53-48)36-23-19-33(20-24-36)38-12-9-27-51-31-38)35-21-17-32(18-22-35)37-25-26-44-41(28-37)42-29-43-40-15-7-8-16-46(40)56-47(43)30-45(42)55(44)39-13-5-2-6-14-39/h1-31H. The number of hydrogen-bond acceptors (Lipinski definition) is 5. The molecule has 0 fully saturated rings. The monoisotopic (exact) mass is 733 g/mol. The fourth-order valence-electron chi connectivity index (χ4n) is 7.78. The Balaban J connectivity index is 1.01. The molecule has 4 heterocycles. The zero-order valence-electron chi connectivity index (χ0n) is 30.0. The summed E-state index contributed by atoms with van der Waals surface area (Å²) in [4.78, 5) is 19.2. The minimum Gasteiger partial charge on any atom is -0.309 e. The van der Waals surface area contributed by atoms with Crippen molar-refractivity contribution in [3.8, 4) is 62.1 Å². The average Bonchev–Trinajstić information content (AvgIpc) is 3.80. The maximum absolute atomic E-state index is 5.02. The number of rotatable bonds is 6. The second-order valence-electron chi connectivity index (χ2n) is 13.9. The third-order valence-electron chi connectivity index (χ3n) is 10.6. The predicted octanol–water partition coefficient (Wildman–Crippen LogP) is 13.1. The van der Waals surface area contributed by atoms with Crippen molar-refractivity contribution in [1.29, 1.82) is 0 Å². The normalized spacial score (nSPS) is 11.6. The van der Waals surface area contributed by atoms with E-state index in [1.165, 1.54) is 42.0 Å². The van der Waals surface area contributed by atoms with Crippen molar-refractivity contribution in [3.63, 3.8) is 0 Å². The average molecular weight is 734 g/mol. The molecule has 0 aliphatic rings. The molecule has 0 N–H and O–H groups in total. The summed E-state index contributed by atoms with van der Waals surface area (Å²) in [7, 11) is 0. The van der Waals surface area contributed by atoms with Crippen LogP contribution < -0.4 is 0 Å². The van der Waals surface area contributed by atoms with Crippen LogP contribution >= 0.6 is 11.3 Å². The Bertz CT molecular complexity index is 3210. The van der Waals surface area contributed by atoms with Crippen LogP contribution in [0.5, 0.6) is 0 Å². The van der Waals surface area contributed by atoms with E-state index in [1.54, 1.807) is 6.20 Å². The molecule has 0 unspecified atom stereocenters. The summed E-state index contributed by atoms with van der Waals surface area (Å²) in [6.07, 6.45) is 3.66. The number of aromatic nitrogens is 5. The van der Waals surface area contributed by atoms with E-state index in [2.05, 4.69) is 149 Å². The minimum absolute atomic E-state index is 0.628. The molecule has 4 aromatic heterocycles. The smallest absolute Gasteiger partial charge is 0.164 e. The SMILES string of the molecule is c1ccc(-c2nc(-c3ccc(-c4cccnc4)cc3)nc(-c3ccc(-c4ccc5c(c4)c4cc6c(cc4n5-c4ccccc4)sc4ccccc46)cc3)n2)cc1. The van der Waals surface area contributed by atoms with Crippen LogP contribution in [0, 0.1) is 0 Å². The van der Waals surface area contributed by atoms with Crippen LogP contribution in [0.4, 0.5) is 0 Å². The molecule has 11 rings (SSSR count). The van der Waals surface area contributed by atoms with Gasteiger partial charge in [0.2, 0.25) is 0 Å². The first-order valence-electron chi connectivity index (χ1n) is 18.6. The van der Waals surface area contributed by atoms with E-state index in [-0.39, 0.29) is 0 Å². The van der Waals surface area contributed by atoms with E-state index in [1.807, 2.05) is 53.9 Å². The third kappa shape index (κ3) is 5.54. The first-order valence-corrected chi connectivity index (χ1v) is 19.4. The van der Waals surface area contributed by atoms with Crippen molar-refractivity contribution in [2.24, 2.45) is 0 Å². The zero-order chi connectivity index (χ0) is 37.0. The molecule has 0 aliphatic heterocycles. The second-order valence-corrected chi connectivity index (χ2v) is 15.0. The lowest BCUT2D eigenvalue weighted by Gasteiger charge is -2.10. The lowest BCUT2D eigenvalue weighted by atomic mass is 10.0. The fraction of sp³-hybridized carbons (Fsp3) is 0. The van der Waals surface area contributed by atoms with Gasteiger partial charge in [-0.3, -0.25) is 4.98 Å². The molecule has 0 amide bonds. The summed E-state index contributed by atoms with van der Waals surface area (Å²) >= 11 is 1.86. The summed E-state index contributed by atoms with van der Waals surface area (Å²) in [5.74, 6) is 1.90. The Hall–Kier alpha value is -7.28. The highest BCUT2D eigenvalue weighted by Crippen LogP contribution is 2.41. The number of hydrogen-bond donors (Lipinski definition) is 0. The molecule has 5 nitrogen and oxygen atoms in total. The van der Waals surface area contributed by atoms with Crippen molar-refractivity contribution in [2.75, 3.05) is 0 Å². The number of fused-ring (bicyclic) bond motifs is 6. The van der Waals surface area contributed by atoms with Crippen LogP contribution in [-0.4, -0.2) is 24.5 Å². The molecule has 6 heteroatoms. The van der Waals surface area contributed by atoms with E-state index >= 15 is 0 Å². The van der Waals surface area contributed by atoms with E-state index in [9.17, 15) is 0 Å². The molecule has 0 spiro atoms. The summed E-state index contributed by atoms with van der Waals surface area (Å²) in [6.45, 7) is 0. The van der Waals surface area contributed by atoms with Gasteiger partial charge in [0.1, 0.15) is 0 Å². The number of thiophene rings is 1. The van der Waals surface area contributed by atoms with E-state index in [0.29, 0.717) is 17.5 Å². The van der Waals surface area contributed by atoms with Gasteiger partial charge in [-0.2, -0.15) is 0 Å². The summed E-state index contributed by atoms with van der Waals surface area (Å²) in [5.41, 5.74) is 10.8. The van der Waals surface area contributed by atoms with Gasteiger partial charge in [-0.15, -0.1) is 11.3 Å². The minimum atomic E-state index is 0.628. The van der Waals surface area contributed by atoms with Crippen molar-refractivity contribution in [2.45, 2.75) is 0 Å². The zero-order valence-corrected chi connectivity index (χ0v) is 30.9. The van der Waals surface area contributed by atoms with Crippen molar-refractivity contribution in [3.05, 3.63) is 188 Å². The van der Waals surface area contributed by atoms with E-state index < -0.39 is 0 Å². The lowest BCUT2D eigenvalue weighted by Crippen LogP contribution is -2.00. The highest BCUT2D eigenvalue weighted by molar-refractivity contribution is 7.25. The Kier molecular flexibility index (Phi) is 7.60. The molecule has 56 heavy (non-hydrogen) atoms. The Morgan fingerprint density at radius 1 is 0.357 bits per heavy atom. The van der Waals surface area contributed by atoms with Crippen LogP contribution in [0.25, 0.3) is 104 Å². The predicted molar refractivity (Wildman–Crippen MR) is 232 cm³/mol. The van der Waals surface area contributed by atoms with Gasteiger partial charge in [-0.25, -0.2) is 15.0 Å². The topological polar surface area (TPSA) is 56.5 Å². The summed E-state index contributed by atoms with van der Waals surface area (Å²) in [6, 6.07) is 62.0. The molecule has 0 saturated heterocycles. The molecule has 0 bridgehead atoms. The van der Waals surface area contributed by atoms with E-state index in [4.69, 9.17) is 15.0 Å². The van der Waals surface area contributed by atoms with Gasteiger partial charge in [-0.05, 0) is 70.8 Å². The van der Waals surface area contributed by atoms with Crippen LogP contribution in [0.1, 0.15) is 0 Å². The largest absolute Gasteiger partial charge is 0.309 e. The molecule has 11 aromatic rings. The van der Waals surface area contributed by atoms with Gasteiger partial charge in [0.25, 0.3) is 0 Å². The molecule has 0 atom stereocenters. The lowest BCUT2D eigenvalue weighted by molar-refractivity contribution is 1.07. The molecule has 0 radical (unpaired) electrons.